The molecule has 1 heterocycles. The smallest absolute Gasteiger partial charge is 0.213 e. The molecule has 1 saturated carbocycles. The molecule has 0 spiro atoms. The molecule has 3 nitrogen and oxygen atoms in total. The van der Waals surface area contributed by atoms with Crippen LogP contribution in [-0.2, 0) is 0 Å². The summed E-state index contributed by atoms with van der Waals surface area (Å²) in [6.07, 6.45) is 6.59. The quantitative estimate of drug-likeness (QED) is 0.764. The maximum absolute atomic E-state index is 6.41. The number of benzene rings is 1. The lowest BCUT2D eigenvalue weighted by Gasteiger charge is -2.32. The van der Waals surface area contributed by atoms with Crippen molar-refractivity contribution < 1.29 is 9.47 Å². The molecular weight excluding hydrogens is 310 g/mol. The normalized spacial score (nSPS) is 21.0. The predicted molar refractivity (Wildman–Crippen MR) is 92.4 cm³/mol. The first-order chi connectivity index (χ1) is 11.3. The van der Waals surface area contributed by atoms with Crippen molar-refractivity contribution in [2.75, 3.05) is 13.7 Å². The highest BCUT2D eigenvalue weighted by atomic mass is 35.5. The third kappa shape index (κ3) is 3.97. The Morgan fingerprint density at radius 1 is 1.13 bits per heavy atom. The second-order valence-corrected chi connectivity index (χ2v) is 6.43. The molecule has 0 aliphatic heterocycles. The summed E-state index contributed by atoms with van der Waals surface area (Å²) in [5.41, 5.74) is 1.26. The van der Waals surface area contributed by atoms with Crippen molar-refractivity contribution in [1.29, 1.82) is 0 Å². The largest absolute Gasteiger partial charge is 0.492 e. The van der Waals surface area contributed by atoms with E-state index in [9.17, 15) is 0 Å². The van der Waals surface area contributed by atoms with Gasteiger partial charge in [0.1, 0.15) is 5.75 Å². The van der Waals surface area contributed by atoms with E-state index in [0.717, 1.165) is 10.8 Å². The molecule has 1 aliphatic rings. The SMILES string of the molecule is COc1ccc(OCC2CCCCC2c2ccccc2Cl)cn1. The van der Waals surface area contributed by atoms with Gasteiger partial charge < -0.3 is 9.47 Å². The third-order valence-electron chi connectivity index (χ3n) is 4.60. The lowest BCUT2D eigenvalue weighted by atomic mass is 9.76. The van der Waals surface area contributed by atoms with E-state index < -0.39 is 0 Å². The van der Waals surface area contributed by atoms with Crippen LogP contribution in [0.15, 0.2) is 42.6 Å². The first-order valence-electron chi connectivity index (χ1n) is 8.15. The summed E-state index contributed by atoms with van der Waals surface area (Å²) in [6.45, 7) is 0.698. The molecule has 122 valence electrons. The van der Waals surface area contributed by atoms with Crippen LogP contribution in [0.4, 0.5) is 0 Å². The van der Waals surface area contributed by atoms with Crippen molar-refractivity contribution in [2.24, 2.45) is 5.92 Å². The van der Waals surface area contributed by atoms with Crippen molar-refractivity contribution in [3.8, 4) is 11.6 Å². The molecule has 4 heteroatoms. The highest BCUT2D eigenvalue weighted by Gasteiger charge is 2.28. The van der Waals surface area contributed by atoms with Crippen molar-refractivity contribution in [2.45, 2.75) is 31.6 Å². The Balaban J connectivity index is 1.68. The maximum Gasteiger partial charge on any atom is 0.213 e. The monoisotopic (exact) mass is 331 g/mol. The van der Waals surface area contributed by atoms with Gasteiger partial charge in [0.25, 0.3) is 0 Å². The molecule has 3 rings (SSSR count). The van der Waals surface area contributed by atoms with E-state index in [4.69, 9.17) is 21.1 Å². The molecule has 0 amide bonds. The van der Waals surface area contributed by atoms with E-state index in [1.165, 1.54) is 31.2 Å². The summed E-state index contributed by atoms with van der Waals surface area (Å²) in [6, 6.07) is 11.9. The Bertz CT molecular complexity index is 630. The van der Waals surface area contributed by atoms with Crippen LogP contribution >= 0.6 is 11.6 Å². The van der Waals surface area contributed by atoms with Gasteiger partial charge in [0.2, 0.25) is 5.88 Å². The van der Waals surface area contributed by atoms with Gasteiger partial charge >= 0.3 is 0 Å². The number of hydrogen-bond acceptors (Lipinski definition) is 3. The van der Waals surface area contributed by atoms with Gasteiger partial charge in [-0.2, -0.15) is 0 Å². The molecule has 1 aliphatic carbocycles. The average molecular weight is 332 g/mol. The minimum atomic E-state index is 0.476. The fourth-order valence-electron chi connectivity index (χ4n) is 3.37. The number of hydrogen-bond donors (Lipinski definition) is 0. The molecular formula is C19H22ClNO2. The Kier molecular flexibility index (Phi) is 5.39. The fraction of sp³-hybridized carbons (Fsp3) is 0.421. The third-order valence-corrected chi connectivity index (χ3v) is 4.94. The minimum absolute atomic E-state index is 0.476. The second kappa shape index (κ2) is 7.69. The standard InChI is InChI=1S/C19H22ClNO2/c1-22-19-11-10-15(12-21-19)23-13-14-6-2-3-7-16(14)17-8-4-5-9-18(17)20/h4-5,8-12,14,16H,2-3,6-7,13H2,1H3. The molecule has 0 saturated heterocycles. The maximum atomic E-state index is 6.41. The Morgan fingerprint density at radius 3 is 2.70 bits per heavy atom. The Labute approximate surface area is 142 Å². The second-order valence-electron chi connectivity index (χ2n) is 6.02. The van der Waals surface area contributed by atoms with Crippen LogP contribution in [0.2, 0.25) is 5.02 Å². The zero-order valence-electron chi connectivity index (χ0n) is 13.4. The topological polar surface area (TPSA) is 31.4 Å². The van der Waals surface area contributed by atoms with Gasteiger partial charge in [-0.3, -0.25) is 0 Å². The predicted octanol–water partition coefficient (Wildman–Crippen LogP) is 5.10. The molecule has 2 unspecified atom stereocenters. The number of pyridine rings is 1. The van der Waals surface area contributed by atoms with Crippen LogP contribution in [0, 0.1) is 5.92 Å². The Morgan fingerprint density at radius 2 is 1.96 bits per heavy atom. The van der Waals surface area contributed by atoms with Gasteiger partial charge in [0.05, 0.1) is 19.9 Å². The first kappa shape index (κ1) is 16.1. The van der Waals surface area contributed by atoms with Crippen LogP contribution in [0.5, 0.6) is 11.6 Å². The first-order valence-corrected chi connectivity index (χ1v) is 8.53. The Hall–Kier alpha value is -1.74. The molecule has 0 N–H and O–H groups in total. The van der Waals surface area contributed by atoms with E-state index in [0.29, 0.717) is 24.3 Å². The van der Waals surface area contributed by atoms with Crippen molar-refractivity contribution in [1.82, 2.24) is 4.98 Å². The highest BCUT2D eigenvalue weighted by molar-refractivity contribution is 6.31. The van der Waals surface area contributed by atoms with Gasteiger partial charge in [-0.1, -0.05) is 42.6 Å². The summed E-state index contributed by atoms with van der Waals surface area (Å²) in [4.78, 5) is 4.18. The van der Waals surface area contributed by atoms with Crippen molar-refractivity contribution >= 4 is 11.6 Å². The van der Waals surface area contributed by atoms with Crippen LogP contribution in [0.1, 0.15) is 37.2 Å². The number of rotatable bonds is 5. The van der Waals surface area contributed by atoms with Crippen LogP contribution < -0.4 is 9.47 Å². The lowest BCUT2D eigenvalue weighted by molar-refractivity contribution is 0.185. The molecule has 1 aromatic heterocycles. The van der Waals surface area contributed by atoms with E-state index in [1.807, 2.05) is 24.3 Å². The number of ether oxygens (including phenoxy) is 2. The fourth-order valence-corrected chi connectivity index (χ4v) is 3.64. The summed E-state index contributed by atoms with van der Waals surface area (Å²) >= 11 is 6.41. The van der Waals surface area contributed by atoms with Gasteiger partial charge in [-0.05, 0) is 42.4 Å². The van der Waals surface area contributed by atoms with Gasteiger partial charge in [0, 0.05) is 11.1 Å². The molecule has 0 bridgehead atoms. The number of methoxy groups -OCH3 is 1. The average Bonchev–Trinajstić information content (AvgIpc) is 2.61. The molecule has 23 heavy (non-hydrogen) atoms. The summed E-state index contributed by atoms with van der Waals surface area (Å²) in [5, 5.41) is 0.871. The summed E-state index contributed by atoms with van der Waals surface area (Å²) in [7, 11) is 1.61. The minimum Gasteiger partial charge on any atom is -0.492 e. The van der Waals surface area contributed by atoms with E-state index in [-0.39, 0.29) is 0 Å². The van der Waals surface area contributed by atoms with E-state index in [1.54, 1.807) is 13.3 Å². The summed E-state index contributed by atoms with van der Waals surface area (Å²) in [5.74, 6) is 2.35. The molecule has 2 aromatic rings. The van der Waals surface area contributed by atoms with Gasteiger partial charge in [0.15, 0.2) is 0 Å². The van der Waals surface area contributed by atoms with Crippen LogP contribution in [0.3, 0.4) is 0 Å². The van der Waals surface area contributed by atoms with Crippen molar-refractivity contribution in [3.05, 3.63) is 53.2 Å². The highest BCUT2D eigenvalue weighted by Crippen LogP contribution is 2.40. The van der Waals surface area contributed by atoms with Gasteiger partial charge in [-0.15, -0.1) is 0 Å². The molecule has 1 fully saturated rings. The van der Waals surface area contributed by atoms with Crippen LogP contribution in [0.25, 0.3) is 0 Å². The molecule has 0 radical (unpaired) electrons. The lowest BCUT2D eigenvalue weighted by Crippen LogP contribution is -2.24. The zero-order valence-corrected chi connectivity index (χ0v) is 14.1. The van der Waals surface area contributed by atoms with Crippen molar-refractivity contribution in [3.63, 3.8) is 0 Å². The number of halogens is 1. The number of nitrogens with zero attached hydrogens (tertiary/aromatic N) is 1. The van der Waals surface area contributed by atoms with Crippen LogP contribution in [-0.4, -0.2) is 18.7 Å². The number of aromatic nitrogens is 1. The zero-order chi connectivity index (χ0) is 16.1. The van der Waals surface area contributed by atoms with E-state index >= 15 is 0 Å². The molecule has 2 atom stereocenters. The summed E-state index contributed by atoms with van der Waals surface area (Å²) < 4.78 is 11.0. The van der Waals surface area contributed by atoms with Gasteiger partial charge in [-0.25, -0.2) is 4.98 Å². The van der Waals surface area contributed by atoms with E-state index in [2.05, 4.69) is 17.1 Å². The molecule has 1 aromatic carbocycles.